The van der Waals surface area contributed by atoms with Crippen molar-refractivity contribution in [2.24, 2.45) is 0 Å². The molecule has 1 aromatic carbocycles. The summed E-state index contributed by atoms with van der Waals surface area (Å²) in [6, 6.07) is 6.17. The first kappa shape index (κ1) is 16.7. The SMILES string of the molecule is O=C(c1cnc(-c2ccccc2F)s1)N(C1CC1)C1CCS(=O)(=O)C1. The maximum atomic E-state index is 13.9. The predicted molar refractivity (Wildman–Crippen MR) is 93.8 cm³/mol. The number of amides is 1. The predicted octanol–water partition coefficient (Wildman–Crippen LogP) is 2.74. The number of nitrogens with zero attached hydrogens (tertiary/aromatic N) is 2. The van der Waals surface area contributed by atoms with Crippen molar-refractivity contribution in [2.45, 2.75) is 31.3 Å². The van der Waals surface area contributed by atoms with Crippen LogP contribution in [0.2, 0.25) is 0 Å². The minimum atomic E-state index is -3.06. The zero-order valence-electron chi connectivity index (χ0n) is 13.4. The third kappa shape index (κ3) is 3.32. The summed E-state index contributed by atoms with van der Waals surface area (Å²) in [5.41, 5.74) is 0.368. The highest BCUT2D eigenvalue weighted by molar-refractivity contribution is 7.91. The van der Waals surface area contributed by atoms with Crippen molar-refractivity contribution >= 4 is 27.1 Å². The van der Waals surface area contributed by atoms with E-state index in [4.69, 9.17) is 0 Å². The van der Waals surface area contributed by atoms with E-state index in [0.29, 0.717) is 21.9 Å². The topological polar surface area (TPSA) is 67.3 Å². The highest BCUT2D eigenvalue weighted by atomic mass is 32.2. The fourth-order valence-corrected chi connectivity index (χ4v) is 5.84. The molecule has 0 spiro atoms. The number of benzene rings is 1. The normalized spacial score (nSPS) is 22.0. The number of halogens is 1. The Bertz CT molecular complexity index is 921. The van der Waals surface area contributed by atoms with Gasteiger partial charge in [0.1, 0.15) is 15.7 Å². The molecule has 1 aromatic heterocycles. The maximum absolute atomic E-state index is 13.9. The van der Waals surface area contributed by atoms with Gasteiger partial charge in [0.05, 0.1) is 17.7 Å². The molecule has 1 saturated carbocycles. The van der Waals surface area contributed by atoms with Crippen LogP contribution in [0.3, 0.4) is 0 Å². The molecule has 25 heavy (non-hydrogen) atoms. The van der Waals surface area contributed by atoms with Crippen LogP contribution in [-0.2, 0) is 9.84 Å². The van der Waals surface area contributed by atoms with Gasteiger partial charge in [-0.1, -0.05) is 12.1 Å². The van der Waals surface area contributed by atoms with E-state index in [1.54, 1.807) is 23.1 Å². The molecule has 1 aliphatic carbocycles. The Kier molecular flexibility index (Phi) is 4.11. The third-order valence-electron chi connectivity index (χ3n) is 4.60. The van der Waals surface area contributed by atoms with E-state index < -0.39 is 9.84 Å². The molecule has 2 fully saturated rings. The van der Waals surface area contributed by atoms with Gasteiger partial charge in [-0.3, -0.25) is 4.79 Å². The number of sulfone groups is 1. The Morgan fingerprint density at radius 1 is 1.20 bits per heavy atom. The fourth-order valence-electron chi connectivity index (χ4n) is 3.24. The molecule has 4 rings (SSSR count). The molecule has 1 atom stereocenters. The second-order valence-corrected chi connectivity index (χ2v) is 9.77. The molecule has 2 aromatic rings. The Balaban J connectivity index is 1.61. The minimum absolute atomic E-state index is 0.0359. The monoisotopic (exact) mass is 380 g/mol. The van der Waals surface area contributed by atoms with E-state index in [1.807, 2.05) is 0 Å². The van der Waals surface area contributed by atoms with E-state index in [1.165, 1.54) is 12.3 Å². The summed E-state index contributed by atoms with van der Waals surface area (Å²) in [6.07, 6.45) is 3.76. The van der Waals surface area contributed by atoms with Crippen molar-refractivity contribution in [3.63, 3.8) is 0 Å². The first-order chi connectivity index (χ1) is 11.9. The lowest BCUT2D eigenvalue weighted by Crippen LogP contribution is -2.42. The lowest BCUT2D eigenvalue weighted by molar-refractivity contribution is 0.0685. The number of thiazole rings is 1. The molecule has 1 unspecified atom stereocenters. The van der Waals surface area contributed by atoms with Crippen LogP contribution in [0.4, 0.5) is 4.39 Å². The van der Waals surface area contributed by atoms with Gasteiger partial charge in [0, 0.05) is 17.6 Å². The summed E-state index contributed by atoms with van der Waals surface area (Å²) >= 11 is 1.15. The lowest BCUT2D eigenvalue weighted by Gasteiger charge is -2.27. The van der Waals surface area contributed by atoms with Gasteiger partial charge in [0.2, 0.25) is 0 Å². The van der Waals surface area contributed by atoms with Crippen LogP contribution >= 0.6 is 11.3 Å². The van der Waals surface area contributed by atoms with Crippen molar-refractivity contribution in [3.8, 4) is 10.6 Å². The molecule has 2 heterocycles. The number of aromatic nitrogens is 1. The van der Waals surface area contributed by atoms with Gasteiger partial charge in [-0.2, -0.15) is 0 Å². The van der Waals surface area contributed by atoms with Crippen molar-refractivity contribution in [2.75, 3.05) is 11.5 Å². The molecule has 132 valence electrons. The summed E-state index contributed by atoms with van der Waals surface area (Å²) in [5.74, 6) is -0.396. The molecule has 0 bridgehead atoms. The minimum Gasteiger partial charge on any atom is -0.331 e. The number of carbonyl (C=O) groups is 1. The zero-order valence-corrected chi connectivity index (χ0v) is 15.0. The summed E-state index contributed by atoms with van der Waals surface area (Å²) < 4.78 is 37.5. The van der Waals surface area contributed by atoms with Crippen molar-refractivity contribution < 1.29 is 17.6 Å². The second kappa shape index (κ2) is 6.17. The van der Waals surface area contributed by atoms with E-state index in [-0.39, 0.29) is 35.3 Å². The first-order valence-corrected chi connectivity index (χ1v) is 10.8. The van der Waals surface area contributed by atoms with E-state index >= 15 is 0 Å². The summed E-state index contributed by atoms with van der Waals surface area (Å²) in [5, 5.41) is 0.455. The van der Waals surface area contributed by atoms with Crippen LogP contribution in [0.5, 0.6) is 0 Å². The van der Waals surface area contributed by atoms with Gasteiger partial charge in [0.25, 0.3) is 5.91 Å². The van der Waals surface area contributed by atoms with Crippen molar-refractivity contribution in [1.82, 2.24) is 9.88 Å². The molecular weight excluding hydrogens is 363 g/mol. The number of hydrogen-bond donors (Lipinski definition) is 0. The van der Waals surface area contributed by atoms with Crippen LogP contribution in [-0.4, -0.2) is 47.8 Å². The molecule has 2 aliphatic rings. The Morgan fingerprint density at radius 2 is 1.96 bits per heavy atom. The third-order valence-corrected chi connectivity index (χ3v) is 7.37. The van der Waals surface area contributed by atoms with Gasteiger partial charge in [-0.25, -0.2) is 17.8 Å². The smallest absolute Gasteiger partial charge is 0.266 e. The Labute approximate surface area is 149 Å². The van der Waals surface area contributed by atoms with Crippen LogP contribution in [0.25, 0.3) is 10.6 Å². The summed E-state index contributed by atoms with van der Waals surface area (Å²) in [6.45, 7) is 0. The lowest BCUT2D eigenvalue weighted by atomic mass is 10.2. The highest BCUT2D eigenvalue weighted by Crippen LogP contribution is 2.35. The molecule has 1 amide bonds. The van der Waals surface area contributed by atoms with E-state index in [0.717, 1.165) is 24.2 Å². The standard InChI is InChI=1S/C17H17FN2O3S2/c18-14-4-2-1-3-13(14)16-19-9-15(24-16)17(21)20(11-5-6-11)12-7-8-25(22,23)10-12/h1-4,9,11-12H,5-8,10H2. The van der Waals surface area contributed by atoms with Crippen molar-refractivity contribution in [3.05, 3.63) is 41.2 Å². The van der Waals surface area contributed by atoms with Crippen molar-refractivity contribution in [1.29, 1.82) is 0 Å². The number of rotatable bonds is 4. The van der Waals surface area contributed by atoms with Crippen LogP contribution in [0.1, 0.15) is 28.9 Å². The number of hydrogen-bond acceptors (Lipinski definition) is 5. The fraction of sp³-hybridized carbons (Fsp3) is 0.412. The summed E-state index contributed by atoms with van der Waals surface area (Å²) in [4.78, 5) is 19.3. The average Bonchev–Trinajstić information content (AvgIpc) is 3.15. The van der Waals surface area contributed by atoms with Crippen LogP contribution in [0.15, 0.2) is 30.5 Å². The largest absolute Gasteiger partial charge is 0.331 e. The van der Waals surface area contributed by atoms with Gasteiger partial charge >= 0.3 is 0 Å². The van der Waals surface area contributed by atoms with Crippen LogP contribution < -0.4 is 0 Å². The average molecular weight is 380 g/mol. The quantitative estimate of drug-likeness (QED) is 0.818. The van der Waals surface area contributed by atoms with Gasteiger partial charge < -0.3 is 4.90 Å². The van der Waals surface area contributed by atoms with E-state index in [9.17, 15) is 17.6 Å². The highest BCUT2D eigenvalue weighted by Gasteiger charge is 2.42. The Morgan fingerprint density at radius 3 is 2.60 bits per heavy atom. The first-order valence-electron chi connectivity index (χ1n) is 8.18. The summed E-state index contributed by atoms with van der Waals surface area (Å²) in [7, 11) is -3.06. The molecule has 1 aliphatic heterocycles. The molecule has 5 nitrogen and oxygen atoms in total. The van der Waals surface area contributed by atoms with Gasteiger partial charge in [-0.05, 0) is 31.4 Å². The Hall–Kier alpha value is -1.80. The molecule has 8 heteroatoms. The second-order valence-electron chi connectivity index (χ2n) is 6.51. The number of carbonyl (C=O) groups excluding carboxylic acids is 1. The van der Waals surface area contributed by atoms with Gasteiger partial charge in [0.15, 0.2) is 9.84 Å². The molecular formula is C17H17FN2O3S2. The molecule has 0 N–H and O–H groups in total. The van der Waals surface area contributed by atoms with E-state index in [2.05, 4.69) is 4.98 Å². The molecule has 0 radical (unpaired) electrons. The van der Waals surface area contributed by atoms with Gasteiger partial charge in [-0.15, -0.1) is 11.3 Å². The van der Waals surface area contributed by atoms with Crippen LogP contribution in [0, 0.1) is 5.82 Å². The maximum Gasteiger partial charge on any atom is 0.266 e. The zero-order chi connectivity index (χ0) is 17.6. The molecule has 1 saturated heterocycles.